The summed E-state index contributed by atoms with van der Waals surface area (Å²) in [5, 5.41) is 0. The minimum Gasteiger partial charge on any atom is -0.399 e. The summed E-state index contributed by atoms with van der Waals surface area (Å²) in [5.74, 6) is 0. The normalized spacial score (nSPS) is 9.17. The quantitative estimate of drug-likeness (QED) is 0.536. The number of nitrogen functional groups attached to an aromatic ring is 1. The molecule has 61 valence electrons. The first kappa shape index (κ1) is 12.0. The molecule has 2 N–H and O–H groups in total. The molecule has 0 aliphatic heterocycles. The second-order valence-corrected chi connectivity index (χ2v) is 2.79. The molecule has 0 aromatic heterocycles. The molecule has 1 aromatic carbocycles. The molecule has 1 radical (unpaired) electrons. The van der Waals surface area contributed by atoms with Gasteiger partial charge in [0, 0.05) is 35.2 Å². The molecule has 0 aliphatic carbocycles. The topological polar surface area (TPSA) is 26.0 Å². The first-order valence-electron chi connectivity index (χ1n) is 4.14. The van der Waals surface area contributed by atoms with Crippen molar-refractivity contribution in [3.05, 3.63) is 29.3 Å². The molecule has 0 fully saturated rings. The Morgan fingerprint density at radius 2 is 1.42 bits per heavy atom. The van der Waals surface area contributed by atoms with Crippen LogP contribution in [0.2, 0.25) is 0 Å². The zero-order valence-corrected chi connectivity index (χ0v) is 10.2. The molecule has 0 amide bonds. The standard InChI is InChI=1S/C10H15N.Na/c1-3-8-5-9(4-2)7-10(11)6-8;/h5-7H,3-4,11H2,1-2H3;. The van der Waals surface area contributed by atoms with Crippen molar-refractivity contribution in [2.75, 3.05) is 5.73 Å². The fourth-order valence-electron chi connectivity index (χ4n) is 1.20. The van der Waals surface area contributed by atoms with Gasteiger partial charge in [0.25, 0.3) is 0 Å². The van der Waals surface area contributed by atoms with E-state index in [1.165, 1.54) is 11.1 Å². The van der Waals surface area contributed by atoms with E-state index >= 15 is 0 Å². The number of hydrogen-bond acceptors (Lipinski definition) is 1. The molecular weight excluding hydrogens is 157 g/mol. The fraction of sp³-hybridized carbons (Fsp3) is 0.400. The second kappa shape index (κ2) is 5.63. The van der Waals surface area contributed by atoms with Gasteiger partial charge >= 0.3 is 0 Å². The molecule has 0 atom stereocenters. The van der Waals surface area contributed by atoms with Gasteiger partial charge in [-0.05, 0) is 36.1 Å². The van der Waals surface area contributed by atoms with Crippen molar-refractivity contribution in [1.82, 2.24) is 0 Å². The van der Waals surface area contributed by atoms with E-state index in [0.29, 0.717) is 0 Å². The van der Waals surface area contributed by atoms with Crippen LogP contribution in [0, 0.1) is 0 Å². The number of anilines is 1. The van der Waals surface area contributed by atoms with E-state index in [1.807, 2.05) is 12.1 Å². The van der Waals surface area contributed by atoms with Crippen LogP contribution in [0.25, 0.3) is 0 Å². The second-order valence-electron chi connectivity index (χ2n) is 2.79. The van der Waals surface area contributed by atoms with Crippen LogP contribution in [0.15, 0.2) is 18.2 Å². The smallest absolute Gasteiger partial charge is 0.0319 e. The molecule has 12 heavy (non-hydrogen) atoms. The molecule has 0 heterocycles. The van der Waals surface area contributed by atoms with E-state index in [0.717, 1.165) is 18.5 Å². The number of nitrogens with two attached hydrogens (primary N) is 1. The van der Waals surface area contributed by atoms with Crippen molar-refractivity contribution in [3.8, 4) is 0 Å². The molecule has 0 aliphatic rings. The maximum Gasteiger partial charge on any atom is 0.0319 e. The average molecular weight is 172 g/mol. The van der Waals surface area contributed by atoms with Gasteiger partial charge in [-0.15, -0.1) is 0 Å². The van der Waals surface area contributed by atoms with Crippen LogP contribution in [0.3, 0.4) is 0 Å². The Balaban J connectivity index is 0.00000121. The third kappa shape index (κ3) is 3.18. The Kier molecular flexibility index (Phi) is 5.64. The zero-order valence-electron chi connectivity index (χ0n) is 8.22. The van der Waals surface area contributed by atoms with Gasteiger partial charge in [-0.1, -0.05) is 19.9 Å². The Labute approximate surface area is 96.6 Å². The van der Waals surface area contributed by atoms with E-state index in [9.17, 15) is 0 Å². The van der Waals surface area contributed by atoms with E-state index in [-0.39, 0.29) is 29.6 Å². The number of aryl methyl sites for hydroxylation is 2. The van der Waals surface area contributed by atoms with Gasteiger partial charge in [0.1, 0.15) is 0 Å². The fourth-order valence-corrected chi connectivity index (χ4v) is 1.20. The van der Waals surface area contributed by atoms with Crippen molar-refractivity contribution >= 4 is 35.2 Å². The molecule has 1 aromatic rings. The first-order chi connectivity index (χ1) is 5.26. The first-order valence-corrected chi connectivity index (χ1v) is 4.14. The summed E-state index contributed by atoms with van der Waals surface area (Å²) >= 11 is 0. The molecule has 2 heteroatoms. The minimum atomic E-state index is 0. The summed E-state index contributed by atoms with van der Waals surface area (Å²) in [6.07, 6.45) is 2.13. The Morgan fingerprint density at radius 1 is 1.00 bits per heavy atom. The molecule has 0 saturated heterocycles. The molecule has 0 saturated carbocycles. The Hall–Kier alpha value is 0.0200. The van der Waals surface area contributed by atoms with Gasteiger partial charge in [0.05, 0.1) is 0 Å². The zero-order chi connectivity index (χ0) is 8.27. The minimum absolute atomic E-state index is 0. The summed E-state index contributed by atoms with van der Waals surface area (Å²) < 4.78 is 0. The molecular formula is C10H15NNa. The van der Waals surface area contributed by atoms with E-state index in [4.69, 9.17) is 5.73 Å². The average Bonchev–Trinajstić information content (AvgIpc) is 2.03. The van der Waals surface area contributed by atoms with Gasteiger partial charge in [0.2, 0.25) is 0 Å². The van der Waals surface area contributed by atoms with Gasteiger partial charge in [0.15, 0.2) is 0 Å². The Bertz CT molecular complexity index is 223. The third-order valence-corrected chi connectivity index (χ3v) is 1.89. The van der Waals surface area contributed by atoms with Crippen LogP contribution in [-0.2, 0) is 12.8 Å². The van der Waals surface area contributed by atoms with E-state index < -0.39 is 0 Å². The van der Waals surface area contributed by atoms with Crippen LogP contribution >= 0.6 is 0 Å². The number of rotatable bonds is 2. The van der Waals surface area contributed by atoms with Gasteiger partial charge in [-0.25, -0.2) is 0 Å². The largest absolute Gasteiger partial charge is 0.399 e. The molecule has 1 nitrogen and oxygen atoms in total. The van der Waals surface area contributed by atoms with Crippen LogP contribution in [0.4, 0.5) is 5.69 Å². The van der Waals surface area contributed by atoms with Crippen LogP contribution in [-0.4, -0.2) is 29.6 Å². The Morgan fingerprint density at radius 3 is 1.75 bits per heavy atom. The van der Waals surface area contributed by atoms with Crippen molar-refractivity contribution in [2.24, 2.45) is 0 Å². The van der Waals surface area contributed by atoms with E-state index in [1.54, 1.807) is 0 Å². The van der Waals surface area contributed by atoms with E-state index in [2.05, 4.69) is 19.9 Å². The van der Waals surface area contributed by atoms with Crippen molar-refractivity contribution < 1.29 is 0 Å². The molecule has 0 unspecified atom stereocenters. The maximum atomic E-state index is 5.71. The molecule has 1 rings (SSSR count). The summed E-state index contributed by atoms with van der Waals surface area (Å²) in [5.41, 5.74) is 9.27. The molecule has 0 bridgehead atoms. The van der Waals surface area contributed by atoms with Gasteiger partial charge in [-0.2, -0.15) is 0 Å². The van der Waals surface area contributed by atoms with Gasteiger partial charge < -0.3 is 5.73 Å². The van der Waals surface area contributed by atoms with Gasteiger partial charge in [-0.3, -0.25) is 0 Å². The van der Waals surface area contributed by atoms with Crippen molar-refractivity contribution in [2.45, 2.75) is 26.7 Å². The monoisotopic (exact) mass is 172 g/mol. The number of hydrogen-bond donors (Lipinski definition) is 1. The van der Waals surface area contributed by atoms with Crippen molar-refractivity contribution in [3.63, 3.8) is 0 Å². The van der Waals surface area contributed by atoms with Crippen molar-refractivity contribution in [1.29, 1.82) is 0 Å². The number of benzene rings is 1. The summed E-state index contributed by atoms with van der Waals surface area (Å²) in [4.78, 5) is 0. The van der Waals surface area contributed by atoms with Crippen LogP contribution in [0.5, 0.6) is 0 Å². The third-order valence-electron chi connectivity index (χ3n) is 1.89. The summed E-state index contributed by atoms with van der Waals surface area (Å²) in [6, 6.07) is 6.30. The predicted molar refractivity (Wildman–Crippen MR) is 55.4 cm³/mol. The SMILES string of the molecule is CCc1cc(N)cc(CC)c1.[Na]. The van der Waals surface area contributed by atoms with Crippen LogP contribution in [0.1, 0.15) is 25.0 Å². The van der Waals surface area contributed by atoms with Crippen LogP contribution < -0.4 is 5.73 Å². The predicted octanol–water partition coefficient (Wildman–Crippen LogP) is 2.01. The summed E-state index contributed by atoms with van der Waals surface area (Å²) in [7, 11) is 0. The maximum absolute atomic E-state index is 5.71. The molecule has 0 spiro atoms. The summed E-state index contributed by atoms with van der Waals surface area (Å²) in [6.45, 7) is 4.29.